The van der Waals surface area contributed by atoms with Crippen molar-refractivity contribution in [2.24, 2.45) is 0 Å². The zero-order chi connectivity index (χ0) is 13.0. The van der Waals surface area contributed by atoms with Gasteiger partial charge in [-0.1, -0.05) is 23.7 Å². The van der Waals surface area contributed by atoms with E-state index in [2.05, 4.69) is 24.4 Å². The Morgan fingerprint density at radius 2 is 1.94 bits per heavy atom. The average molecular weight is 282 g/mol. The van der Waals surface area contributed by atoms with Crippen LogP contribution in [0.1, 0.15) is 23.4 Å². The summed E-state index contributed by atoms with van der Waals surface area (Å²) in [5.74, 6) is 0.881. The highest BCUT2D eigenvalue weighted by atomic mass is 35.5. The van der Waals surface area contributed by atoms with Crippen molar-refractivity contribution in [3.05, 3.63) is 51.2 Å². The predicted molar refractivity (Wildman–Crippen MR) is 77.6 cm³/mol. The highest BCUT2D eigenvalue weighted by Crippen LogP contribution is 2.23. The number of halogens is 1. The molecule has 2 rings (SSSR count). The highest BCUT2D eigenvalue weighted by molar-refractivity contribution is 7.16. The lowest BCUT2D eigenvalue weighted by Crippen LogP contribution is -2.11. The molecule has 0 saturated carbocycles. The monoisotopic (exact) mass is 281 g/mol. The zero-order valence-corrected chi connectivity index (χ0v) is 12.0. The van der Waals surface area contributed by atoms with Gasteiger partial charge < -0.3 is 10.1 Å². The second-order valence-electron chi connectivity index (χ2n) is 4.07. The Kier molecular flexibility index (Phi) is 4.64. The lowest BCUT2D eigenvalue weighted by atomic mass is 10.1. The summed E-state index contributed by atoms with van der Waals surface area (Å²) in [7, 11) is 1.95. The fourth-order valence-electron chi connectivity index (χ4n) is 1.60. The molecule has 0 aliphatic heterocycles. The molecule has 1 unspecified atom stereocenters. The molecule has 1 heterocycles. The molecular formula is C14H16ClNOS. The molecule has 1 N–H and O–H groups in total. The number of hydrogen-bond acceptors (Lipinski definition) is 3. The molecular weight excluding hydrogens is 266 g/mol. The largest absolute Gasteiger partial charge is 0.488 e. The SMILES string of the molecule is CNC(C)c1ccc(OCc2ccc(Cl)s2)cc1. The van der Waals surface area contributed by atoms with Gasteiger partial charge in [-0.3, -0.25) is 0 Å². The molecule has 0 spiro atoms. The Balaban J connectivity index is 1.94. The lowest BCUT2D eigenvalue weighted by Gasteiger charge is -2.11. The molecule has 0 radical (unpaired) electrons. The summed E-state index contributed by atoms with van der Waals surface area (Å²) in [5.41, 5.74) is 1.25. The predicted octanol–water partition coefficient (Wildman–Crippen LogP) is 4.26. The molecule has 96 valence electrons. The highest BCUT2D eigenvalue weighted by Gasteiger charge is 2.03. The third-order valence-electron chi connectivity index (χ3n) is 2.82. The van der Waals surface area contributed by atoms with E-state index >= 15 is 0 Å². The zero-order valence-electron chi connectivity index (χ0n) is 10.4. The van der Waals surface area contributed by atoms with Gasteiger partial charge in [0.1, 0.15) is 12.4 Å². The number of nitrogens with one attached hydrogen (secondary N) is 1. The fourth-order valence-corrected chi connectivity index (χ4v) is 2.60. The van der Waals surface area contributed by atoms with Crippen molar-refractivity contribution >= 4 is 22.9 Å². The van der Waals surface area contributed by atoms with Gasteiger partial charge in [0.05, 0.1) is 4.34 Å². The first-order valence-corrected chi connectivity index (χ1v) is 7.02. The van der Waals surface area contributed by atoms with Crippen molar-refractivity contribution in [3.63, 3.8) is 0 Å². The first-order chi connectivity index (χ1) is 8.69. The van der Waals surface area contributed by atoms with Crippen molar-refractivity contribution in [2.75, 3.05) is 7.05 Å². The van der Waals surface area contributed by atoms with E-state index in [0.29, 0.717) is 12.6 Å². The van der Waals surface area contributed by atoms with Crippen LogP contribution in [0.4, 0.5) is 0 Å². The quantitative estimate of drug-likeness (QED) is 0.884. The Morgan fingerprint density at radius 1 is 1.22 bits per heavy atom. The Hall–Kier alpha value is -1.03. The molecule has 0 amide bonds. The summed E-state index contributed by atoms with van der Waals surface area (Å²) in [6.45, 7) is 2.70. The van der Waals surface area contributed by atoms with E-state index in [1.165, 1.54) is 5.56 Å². The molecule has 0 aliphatic rings. The van der Waals surface area contributed by atoms with E-state index in [9.17, 15) is 0 Å². The molecule has 2 aromatic rings. The molecule has 0 bridgehead atoms. The second kappa shape index (κ2) is 6.23. The summed E-state index contributed by atoms with van der Waals surface area (Å²) in [6, 6.07) is 12.4. The van der Waals surface area contributed by atoms with Crippen molar-refractivity contribution in [3.8, 4) is 5.75 Å². The van der Waals surface area contributed by atoms with E-state index in [0.717, 1.165) is 15.0 Å². The third-order valence-corrected chi connectivity index (χ3v) is 4.03. The van der Waals surface area contributed by atoms with Crippen molar-refractivity contribution in [1.82, 2.24) is 5.32 Å². The summed E-state index contributed by atoms with van der Waals surface area (Å²) in [4.78, 5) is 1.13. The van der Waals surface area contributed by atoms with Crippen molar-refractivity contribution in [1.29, 1.82) is 0 Å². The standard InChI is InChI=1S/C14H16ClNOS/c1-10(16-2)11-3-5-12(6-4-11)17-9-13-7-8-14(15)18-13/h3-8,10,16H,9H2,1-2H3. The normalized spacial score (nSPS) is 12.4. The first-order valence-electron chi connectivity index (χ1n) is 5.83. The van der Waals surface area contributed by atoms with Crippen LogP contribution in [0.2, 0.25) is 4.34 Å². The van der Waals surface area contributed by atoms with Crippen LogP contribution in [0, 0.1) is 0 Å². The van der Waals surface area contributed by atoms with Gasteiger partial charge in [0.15, 0.2) is 0 Å². The van der Waals surface area contributed by atoms with Crippen LogP contribution in [0.25, 0.3) is 0 Å². The summed E-state index contributed by atoms with van der Waals surface area (Å²) >= 11 is 7.42. The Bertz CT molecular complexity index is 495. The molecule has 1 atom stereocenters. The van der Waals surface area contributed by atoms with Gasteiger partial charge in [0.2, 0.25) is 0 Å². The first kappa shape index (κ1) is 13.4. The summed E-state index contributed by atoms with van der Waals surface area (Å²) < 4.78 is 6.50. The van der Waals surface area contributed by atoms with Gasteiger partial charge in [-0.15, -0.1) is 11.3 Å². The van der Waals surface area contributed by atoms with Crippen molar-refractivity contribution < 1.29 is 4.74 Å². The third kappa shape index (κ3) is 3.48. The maximum Gasteiger partial charge on any atom is 0.122 e. The van der Waals surface area contributed by atoms with E-state index in [1.54, 1.807) is 11.3 Å². The van der Waals surface area contributed by atoms with E-state index in [-0.39, 0.29) is 0 Å². The van der Waals surface area contributed by atoms with Gasteiger partial charge in [-0.05, 0) is 43.8 Å². The van der Waals surface area contributed by atoms with Gasteiger partial charge in [0.25, 0.3) is 0 Å². The van der Waals surface area contributed by atoms with Crippen LogP contribution in [-0.2, 0) is 6.61 Å². The minimum absolute atomic E-state index is 0.357. The molecule has 2 nitrogen and oxygen atoms in total. The van der Waals surface area contributed by atoms with Gasteiger partial charge in [0, 0.05) is 10.9 Å². The van der Waals surface area contributed by atoms with Gasteiger partial charge in [-0.2, -0.15) is 0 Å². The molecule has 18 heavy (non-hydrogen) atoms. The Morgan fingerprint density at radius 3 is 2.50 bits per heavy atom. The van der Waals surface area contributed by atoms with E-state index in [1.807, 2.05) is 31.3 Å². The minimum atomic E-state index is 0.357. The lowest BCUT2D eigenvalue weighted by molar-refractivity contribution is 0.309. The van der Waals surface area contributed by atoms with Gasteiger partial charge in [-0.25, -0.2) is 0 Å². The number of benzene rings is 1. The Labute approximate surface area is 117 Å². The van der Waals surface area contributed by atoms with Gasteiger partial charge >= 0.3 is 0 Å². The molecule has 0 fully saturated rings. The van der Waals surface area contributed by atoms with Crippen molar-refractivity contribution in [2.45, 2.75) is 19.6 Å². The smallest absolute Gasteiger partial charge is 0.122 e. The number of hydrogen-bond donors (Lipinski definition) is 1. The second-order valence-corrected chi connectivity index (χ2v) is 5.87. The molecule has 4 heteroatoms. The average Bonchev–Trinajstić information content (AvgIpc) is 2.82. The van der Waals surface area contributed by atoms with E-state index < -0.39 is 0 Å². The van der Waals surface area contributed by atoms with Crippen LogP contribution in [0.5, 0.6) is 5.75 Å². The topological polar surface area (TPSA) is 21.3 Å². The number of rotatable bonds is 5. The van der Waals surface area contributed by atoms with Crippen LogP contribution in [0.3, 0.4) is 0 Å². The molecule has 1 aromatic heterocycles. The number of ether oxygens (including phenoxy) is 1. The summed E-state index contributed by atoms with van der Waals surface area (Å²) in [5, 5.41) is 3.21. The van der Waals surface area contributed by atoms with Crippen LogP contribution < -0.4 is 10.1 Å². The number of thiophene rings is 1. The molecule has 0 saturated heterocycles. The molecule has 1 aromatic carbocycles. The maximum absolute atomic E-state index is 5.87. The van der Waals surface area contributed by atoms with Crippen LogP contribution in [0.15, 0.2) is 36.4 Å². The fraction of sp³-hybridized carbons (Fsp3) is 0.286. The maximum atomic E-state index is 5.87. The minimum Gasteiger partial charge on any atom is -0.488 e. The van der Waals surface area contributed by atoms with Crippen LogP contribution >= 0.6 is 22.9 Å². The molecule has 0 aliphatic carbocycles. The van der Waals surface area contributed by atoms with E-state index in [4.69, 9.17) is 16.3 Å². The van der Waals surface area contributed by atoms with Crippen LogP contribution in [-0.4, -0.2) is 7.05 Å². The summed E-state index contributed by atoms with van der Waals surface area (Å²) in [6.07, 6.45) is 0.